The van der Waals surface area contributed by atoms with E-state index in [1.54, 1.807) is 42.6 Å². The summed E-state index contributed by atoms with van der Waals surface area (Å²) >= 11 is 0. The van der Waals surface area contributed by atoms with Gasteiger partial charge in [-0.1, -0.05) is 68.3 Å². The number of para-hydroxylation sites is 1. The Hall–Kier alpha value is -7.58. The summed E-state index contributed by atoms with van der Waals surface area (Å²) in [7, 11) is 0. The lowest BCUT2D eigenvalue weighted by Gasteiger charge is -2.26. The van der Waals surface area contributed by atoms with E-state index in [2.05, 4.69) is 57.5 Å². The maximum Gasteiger partial charge on any atom is 0.326 e. The number of hydrogen-bond acceptors (Lipinski definition) is 10. The van der Waals surface area contributed by atoms with Crippen molar-refractivity contribution in [3.05, 3.63) is 90.1 Å². The highest BCUT2D eigenvalue weighted by Crippen LogP contribution is 2.19. The molecular formula is C46H59N11O10. The van der Waals surface area contributed by atoms with Gasteiger partial charge in [0.15, 0.2) is 0 Å². The Balaban J connectivity index is 1.46. The monoisotopic (exact) mass is 925 g/mol. The highest BCUT2D eigenvalue weighted by molar-refractivity contribution is 5.97. The molecule has 4 aromatic rings. The number of carbonyl (C=O) groups excluding carboxylic acids is 8. The van der Waals surface area contributed by atoms with Crippen LogP contribution in [0.15, 0.2) is 73.3 Å². The average molecular weight is 926 g/mol. The van der Waals surface area contributed by atoms with Crippen LogP contribution in [0.25, 0.3) is 10.9 Å². The Bertz CT molecular complexity index is 2350. The van der Waals surface area contributed by atoms with Gasteiger partial charge in [0.2, 0.25) is 47.3 Å². The third-order valence-electron chi connectivity index (χ3n) is 11.1. The number of unbranched alkanes of at least 4 members (excludes halogenated alkanes) is 1. The molecule has 1 aliphatic rings. The van der Waals surface area contributed by atoms with Crippen LogP contribution >= 0.6 is 0 Å². The Morgan fingerprint density at radius 3 is 2.19 bits per heavy atom. The molecule has 0 spiro atoms. The zero-order valence-corrected chi connectivity index (χ0v) is 37.4. The second-order valence-electron chi connectivity index (χ2n) is 16.4. The lowest BCUT2D eigenvalue weighted by atomic mass is 10.0. The number of aromatic nitrogens is 3. The SMILES string of the molecule is CCCC[C@H](NC(C)=O)C(=O)NC1CCC(=O)NCCCC(C(=O)O)NC(=O)[C@H](Cc2c[nH]c3ccccc23)NC(=O)CNC(=O)C(Cc2ccccc2)NC(=O)[C@H](Cc2c[nH]cn2)NC1=O. The molecule has 2 aromatic carbocycles. The number of nitrogens with one attached hydrogen (secondary N) is 10. The molecule has 0 saturated carbocycles. The van der Waals surface area contributed by atoms with Crippen LogP contribution in [0.1, 0.15) is 75.6 Å². The van der Waals surface area contributed by atoms with Crippen LogP contribution in [0, 0.1) is 0 Å². The molecule has 0 bridgehead atoms. The molecule has 21 nitrogen and oxygen atoms in total. The molecule has 358 valence electrons. The number of imidazole rings is 1. The first-order valence-corrected chi connectivity index (χ1v) is 22.3. The molecule has 0 aliphatic carbocycles. The highest BCUT2D eigenvalue weighted by atomic mass is 16.4. The molecule has 8 amide bonds. The van der Waals surface area contributed by atoms with E-state index in [4.69, 9.17) is 0 Å². The summed E-state index contributed by atoms with van der Waals surface area (Å²) in [5.41, 5.74) is 2.42. The van der Waals surface area contributed by atoms with E-state index < -0.39 is 96.0 Å². The van der Waals surface area contributed by atoms with Gasteiger partial charge < -0.3 is 57.6 Å². The van der Waals surface area contributed by atoms with E-state index in [0.29, 0.717) is 29.7 Å². The van der Waals surface area contributed by atoms with Gasteiger partial charge in [-0.2, -0.15) is 0 Å². The van der Waals surface area contributed by atoms with Gasteiger partial charge in [0.1, 0.15) is 36.3 Å². The van der Waals surface area contributed by atoms with E-state index in [-0.39, 0.29) is 57.9 Å². The quantitative estimate of drug-likeness (QED) is 0.0844. The van der Waals surface area contributed by atoms with Crippen molar-refractivity contribution < 1.29 is 48.3 Å². The smallest absolute Gasteiger partial charge is 0.326 e. The summed E-state index contributed by atoms with van der Waals surface area (Å²) < 4.78 is 0. The third-order valence-corrected chi connectivity index (χ3v) is 11.1. The Labute approximate surface area is 386 Å². The summed E-state index contributed by atoms with van der Waals surface area (Å²) in [5.74, 6) is -7.12. The van der Waals surface area contributed by atoms with Crippen molar-refractivity contribution in [2.24, 2.45) is 0 Å². The van der Waals surface area contributed by atoms with Gasteiger partial charge in [-0.25, -0.2) is 9.78 Å². The summed E-state index contributed by atoms with van der Waals surface area (Å²) in [6, 6.07) is 8.16. The van der Waals surface area contributed by atoms with Crippen molar-refractivity contribution in [1.29, 1.82) is 0 Å². The molecular weight excluding hydrogens is 867 g/mol. The number of H-pyrrole nitrogens is 2. The number of hydrogen-bond donors (Lipinski definition) is 11. The van der Waals surface area contributed by atoms with E-state index in [1.807, 2.05) is 25.1 Å². The number of carbonyl (C=O) groups is 9. The highest BCUT2D eigenvalue weighted by Gasteiger charge is 2.33. The first-order chi connectivity index (χ1) is 32.2. The topological polar surface area (TPSA) is 315 Å². The zero-order valence-electron chi connectivity index (χ0n) is 37.4. The number of aliphatic carboxylic acids is 1. The van der Waals surface area contributed by atoms with Crippen molar-refractivity contribution in [3.8, 4) is 0 Å². The molecule has 0 radical (unpaired) electrons. The van der Waals surface area contributed by atoms with Gasteiger partial charge in [-0.05, 0) is 42.9 Å². The Kier molecular flexibility index (Phi) is 19.0. The van der Waals surface area contributed by atoms with Crippen LogP contribution in [-0.2, 0) is 62.4 Å². The molecule has 1 aliphatic heterocycles. The molecule has 1 saturated heterocycles. The number of amides is 8. The predicted molar refractivity (Wildman–Crippen MR) is 243 cm³/mol. The van der Waals surface area contributed by atoms with Crippen LogP contribution in [0.3, 0.4) is 0 Å². The minimum Gasteiger partial charge on any atom is -0.480 e. The number of carboxylic acid groups (broad SMARTS) is 1. The number of carboxylic acids is 1. The molecule has 67 heavy (non-hydrogen) atoms. The fourth-order valence-corrected chi connectivity index (χ4v) is 7.58. The second-order valence-corrected chi connectivity index (χ2v) is 16.4. The average Bonchev–Trinajstić information content (AvgIpc) is 3.98. The van der Waals surface area contributed by atoms with Gasteiger partial charge >= 0.3 is 5.97 Å². The molecule has 21 heteroatoms. The first kappa shape index (κ1) is 50.4. The second kappa shape index (κ2) is 25.2. The van der Waals surface area contributed by atoms with E-state index in [1.165, 1.54) is 19.4 Å². The molecule has 3 heterocycles. The molecule has 3 unspecified atom stereocenters. The number of aromatic amines is 2. The Morgan fingerprint density at radius 1 is 0.776 bits per heavy atom. The lowest BCUT2D eigenvalue weighted by molar-refractivity contribution is -0.142. The number of fused-ring (bicyclic) bond motifs is 1. The first-order valence-electron chi connectivity index (χ1n) is 22.3. The van der Waals surface area contributed by atoms with Gasteiger partial charge in [0.05, 0.1) is 18.6 Å². The summed E-state index contributed by atoms with van der Waals surface area (Å²) in [6.45, 7) is 2.49. The standard InChI is InChI=1S/C46H59N11O10/c1-3-4-14-33(52-27(2)58)42(62)54-34-17-18-39(59)48-19-10-16-35(46(66)67)55-44(64)37(21-29-23-49-32-15-9-8-13-31(29)32)53-40(60)25-50-41(61)36(20-28-11-6-5-7-12-28)56-45(65)38(57-43(34)63)22-30-24-47-26-51-30/h5-9,11-13,15,23-24,26,33-38,49H,3-4,10,14,16-22,25H2,1-2H3,(H,47,51)(H,48,59)(H,50,61)(H,52,58)(H,53,60)(H,54,62)(H,55,64)(H,56,65)(H,57,63)(H,66,67)/t33-,34?,35?,36?,37-,38-/m0/s1. The van der Waals surface area contributed by atoms with E-state index >= 15 is 0 Å². The molecule has 2 aromatic heterocycles. The minimum absolute atomic E-state index is 0.0193. The number of rotatable bonds is 13. The lowest BCUT2D eigenvalue weighted by Crippen LogP contribution is -2.59. The summed E-state index contributed by atoms with van der Waals surface area (Å²) in [4.78, 5) is 131. The Morgan fingerprint density at radius 2 is 1.48 bits per heavy atom. The van der Waals surface area contributed by atoms with Crippen molar-refractivity contribution >= 4 is 64.1 Å². The van der Waals surface area contributed by atoms with Crippen molar-refractivity contribution in [3.63, 3.8) is 0 Å². The normalized spacial score (nSPS) is 21.3. The third kappa shape index (κ3) is 15.8. The van der Waals surface area contributed by atoms with Crippen LogP contribution < -0.4 is 42.5 Å². The van der Waals surface area contributed by atoms with Crippen LogP contribution in [0.4, 0.5) is 0 Å². The molecule has 6 atom stereocenters. The largest absolute Gasteiger partial charge is 0.480 e. The molecule has 5 rings (SSSR count). The van der Waals surface area contributed by atoms with Gasteiger partial charge in [0, 0.05) is 62.4 Å². The van der Waals surface area contributed by atoms with Crippen LogP contribution in [-0.4, -0.2) is 123 Å². The van der Waals surface area contributed by atoms with Gasteiger partial charge in [-0.15, -0.1) is 0 Å². The van der Waals surface area contributed by atoms with E-state index in [9.17, 15) is 48.3 Å². The minimum atomic E-state index is -1.42. The summed E-state index contributed by atoms with van der Waals surface area (Å²) in [5, 5.41) is 31.8. The van der Waals surface area contributed by atoms with Crippen molar-refractivity contribution in [2.75, 3.05) is 13.1 Å². The number of benzene rings is 2. The predicted octanol–water partition coefficient (Wildman–Crippen LogP) is -0.0712. The van der Waals surface area contributed by atoms with Crippen molar-refractivity contribution in [2.45, 2.75) is 114 Å². The van der Waals surface area contributed by atoms with Gasteiger partial charge in [0.25, 0.3) is 0 Å². The van der Waals surface area contributed by atoms with Gasteiger partial charge in [-0.3, -0.25) is 38.4 Å². The zero-order chi connectivity index (χ0) is 48.3. The molecule has 1 fully saturated rings. The van der Waals surface area contributed by atoms with Crippen LogP contribution in [0.2, 0.25) is 0 Å². The fourth-order valence-electron chi connectivity index (χ4n) is 7.58. The number of nitrogens with zero attached hydrogens (tertiary/aromatic N) is 1. The molecule has 11 N–H and O–H groups in total. The van der Waals surface area contributed by atoms with Crippen molar-refractivity contribution in [1.82, 2.24) is 57.5 Å². The summed E-state index contributed by atoms with van der Waals surface area (Å²) in [6.07, 6.45) is 5.24. The maximum absolute atomic E-state index is 14.3. The fraction of sp³-hybridized carbons (Fsp3) is 0.435. The van der Waals surface area contributed by atoms with Crippen LogP contribution in [0.5, 0.6) is 0 Å². The van der Waals surface area contributed by atoms with E-state index in [0.717, 1.165) is 10.9 Å². The maximum atomic E-state index is 14.3.